The quantitative estimate of drug-likeness (QED) is 0.338. The molecule has 0 saturated carbocycles. The fraction of sp³-hybridized carbons (Fsp3) is 0.350. The minimum atomic E-state index is -0.795. The molecular weight excluding hydrogens is 344 g/mol. The van der Waals surface area contributed by atoms with Crippen LogP contribution in [0.3, 0.4) is 0 Å². The Kier molecular flexibility index (Phi) is 7.31. The van der Waals surface area contributed by atoms with Gasteiger partial charge in [0.15, 0.2) is 0 Å². The van der Waals surface area contributed by atoms with Crippen molar-refractivity contribution in [1.82, 2.24) is 15.3 Å². The van der Waals surface area contributed by atoms with Gasteiger partial charge in [-0.1, -0.05) is 12.1 Å². The lowest BCUT2D eigenvalue weighted by Gasteiger charge is -2.10. The van der Waals surface area contributed by atoms with Crippen LogP contribution in [0.25, 0.3) is 5.69 Å². The van der Waals surface area contributed by atoms with Crippen LogP contribution in [0.1, 0.15) is 28.9 Å². The molecule has 2 N–H and O–H groups in total. The highest BCUT2D eigenvalue weighted by Crippen LogP contribution is 2.20. The van der Waals surface area contributed by atoms with Crippen LogP contribution in [0.2, 0.25) is 0 Å². The van der Waals surface area contributed by atoms with E-state index in [2.05, 4.69) is 39.5 Å². The van der Waals surface area contributed by atoms with Crippen molar-refractivity contribution in [2.24, 2.45) is 5.10 Å². The van der Waals surface area contributed by atoms with Crippen molar-refractivity contribution in [3.63, 3.8) is 0 Å². The second kappa shape index (κ2) is 9.68. The molecule has 7 heteroatoms. The Bertz CT molecular complexity index is 840. The predicted molar refractivity (Wildman–Crippen MR) is 105 cm³/mol. The number of benzene rings is 1. The summed E-state index contributed by atoms with van der Waals surface area (Å²) in [5.74, 6) is -1.51. The van der Waals surface area contributed by atoms with E-state index >= 15 is 0 Å². The van der Waals surface area contributed by atoms with Gasteiger partial charge in [-0.05, 0) is 51.0 Å². The van der Waals surface area contributed by atoms with Crippen molar-refractivity contribution >= 4 is 18.0 Å². The molecule has 1 aromatic heterocycles. The van der Waals surface area contributed by atoms with Crippen LogP contribution in [0.4, 0.5) is 0 Å². The number of hydrogen-bond donors (Lipinski definition) is 2. The smallest absolute Gasteiger partial charge is 0.329 e. The van der Waals surface area contributed by atoms with E-state index < -0.39 is 11.8 Å². The zero-order valence-corrected chi connectivity index (χ0v) is 16.2. The summed E-state index contributed by atoms with van der Waals surface area (Å²) in [6.45, 7) is 6.95. The lowest BCUT2D eigenvalue weighted by molar-refractivity contribution is -0.139. The molecule has 2 aromatic rings. The molecule has 0 aliphatic rings. The first-order valence-corrected chi connectivity index (χ1v) is 8.80. The van der Waals surface area contributed by atoms with Crippen molar-refractivity contribution < 1.29 is 14.3 Å². The highest BCUT2D eigenvalue weighted by Gasteiger charge is 2.12. The summed E-state index contributed by atoms with van der Waals surface area (Å²) in [7, 11) is 1.58. The molecule has 144 valence electrons. The van der Waals surface area contributed by atoms with Crippen LogP contribution in [0.15, 0.2) is 35.4 Å². The van der Waals surface area contributed by atoms with Crippen LogP contribution in [0, 0.1) is 20.8 Å². The Morgan fingerprint density at radius 3 is 2.67 bits per heavy atom. The fourth-order valence-corrected chi connectivity index (χ4v) is 2.79. The van der Waals surface area contributed by atoms with Gasteiger partial charge >= 0.3 is 11.8 Å². The van der Waals surface area contributed by atoms with Gasteiger partial charge in [-0.2, -0.15) is 5.10 Å². The van der Waals surface area contributed by atoms with Crippen molar-refractivity contribution in [2.45, 2.75) is 27.2 Å². The molecule has 1 heterocycles. The van der Waals surface area contributed by atoms with Crippen LogP contribution in [-0.2, 0) is 14.3 Å². The van der Waals surface area contributed by atoms with Crippen molar-refractivity contribution in [3.8, 4) is 5.69 Å². The normalized spacial score (nSPS) is 11.0. The first-order chi connectivity index (χ1) is 12.9. The molecule has 0 bridgehead atoms. The number of hydrazone groups is 1. The number of hydrogen-bond acceptors (Lipinski definition) is 4. The number of nitrogens with one attached hydrogen (secondary N) is 2. The molecule has 0 spiro atoms. The Morgan fingerprint density at radius 1 is 1.19 bits per heavy atom. The molecule has 27 heavy (non-hydrogen) atoms. The molecule has 0 aliphatic carbocycles. The summed E-state index contributed by atoms with van der Waals surface area (Å²) >= 11 is 0. The van der Waals surface area contributed by atoms with Crippen molar-refractivity contribution in [1.29, 1.82) is 0 Å². The molecule has 2 amide bonds. The number of carbonyl (C=O) groups excluding carboxylic acids is 2. The van der Waals surface area contributed by atoms with E-state index in [-0.39, 0.29) is 0 Å². The summed E-state index contributed by atoms with van der Waals surface area (Å²) < 4.78 is 7.01. The number of methoxy groups -OCH3 is 1. The third-order valence-electron chi connectivity index (χ3n) is 4.12. The highest BCUT2D eigenvalue weighted by molar-refractivity contribution is 6.35. The lowest BCUT2D eigenvalue weighted by Crippen LogP contribution is -2.38. The second-order valence-electron chi connectivity index (χ2n) is 6.30. The van der Waals surface area contributed by atoms with Crippen LogP contribution < -0.4 is 10.7 Å². The van der Waals surface area contributed by atoms with E-state index in [1.807, 2.05) is 32.0 Å². The maximum atomic E-state index is 11.7. The first-order valence-electron chi connectivity index (χ1n) is 8.80. The van der Waals surface area contributed by atoms with Gasteiger partial charge in [-0.25, -0.2) is 5.43 Å². The average molecular weight is 370 g/mol. The molecule has 0 aliphatic heterocycles. The number of aromatic nitrogens is 1. The van der Waals surface area contributed by atoms with Gasteiger partial charge in [0.1, 0.15) is 0 Å². The van der Waals surface area contributed by atoms with Gasteiger partial charge in [0.2, 0.25) is 0 Å². The zero-order chi connectivity index (χ0) is 19.8. The molecule has 7 nitrogen and oxygen atoms in total. The summed E-state index contributed by atoms with van der Waals surface area (Å²) in [4.78, 5) is 23.4. The summed E-state index contributed by atoms with van der Waals surface area (Å²) in [6.07, 6.45) is 2.19. The van der Waals surface area contributed by atoms with Gasteiger partial charge in [0, 0.05) is 42.9 Å². The summed E-state index contributed by atoms with van der Waals surface area (Å²) in [5.41, 5.74) is 7.43. The summed E-state index contributed by atoms with van der Waals surface area (Å²) in [5, 5.41) is 6.42. The van der Waals surface area contributed by atoms with Crippen LogP contribution in [-0.4, -0.2) is 42.9 Å². The Hall–Kier alpha value is -2.93. The largest absolute Gasteiger partial charge is 0.385 e. The number of carbonyl (C=O) groups is 2. The Labute approximate surface area is 159 Å². The number of amides is 2. The predicted octanol–water partition coefficient (Wildman–Crippen LogP) is 2.01. The Balaban J connectivity index is 2.00. The van der Waals surface area contributed by atoms with E-state index in [4.69, 9.17) is 4.74 Å². The standard InChI is InChI=1S/C20H26N4O3/c1-14-7-5-8-18(11-14)24-15(2)12-17(16(24)3)13-22-23-20(26)19(25)21-9-6-10-27-4/h5,7-8,11-13H,6,9-10H2,1-4H3,(H,21,25)(H,23,26)/b22-13-. The number of rotatable bonds is 7. The van der Waals surface area contributed by atoms with Crippen molar-refractivity contribution in [3.05, 3.63) is 52.8 Å². The van der Waals surface area contributed by atoms with Gasteiger partial charge in [0.05, 0.1) is 6.21 Å². The molecule has 0 fully saturated rings. The maximum absolute atomic E-state index is 11.7. The summed E-state index contributed by atoms with van der Waals surface area (Å²) in [6, 6.07) is 10.2. The minimum Gasteiger partial charge on any atom is -0.385 e. The monoisotopic (exact) mass is 370 g/mol. The average Bonchev–Trinajstić information content (AvgIpc) is 2.92. The molecule has 0 unspecified atom stereocenters. The first kappa shape index (κ1) is 20.4. The van der Waals surface area contributed by atoms with E-state index in [9.17, 15) is 9.59 Å². The third-order valence-corrected chi connectivity index (χ3v) is 4.12. The highest BCUT2D eigenvalue weighted by atomic mass is 16.5. The number of aryl methyl sites for hydroxylation is 2. The van der Waals surface area contributed by atoms with Gasteiger partial charge in [-0.15, -0.1) is 0 Å². The lowest BCUT2D eigenvalue weighted by atomic mass is 10.2. The SMILES string of the molecule is COCCCNC(=O)C(=O)N/N=C\c1cc(C)n(-c2cccc(C)c2)c1C. The van der Waals surface area contributed by atoms with Gasteiger partial charge in [0.25, 0.3) is 0 Å². The third kappa shape index (κ3) is 5.52. The minimum absolute atomic E-state index is 0.376. The number of ether oxygens (including phenoxy) is 1. The van der Waals surface area contributed by atoms with E-state index in [1.165, 1.54) is 5.56 Å². The molecular formula is C20H26N4O3. The molecule has 0 radical (unpaired) electrons. The number of nitrogens with zero attached hydrogens (tertiary/aromatic N) is 2. The van der Waals surface area contributed by atoms with Crippen molar-refractivity contribution in [2.75, 3.05) is 20.3 Å². The van der Waals surface area contributed by atoms with Crippen LogP contribution in [0.5, 0.6) is 0 Å². The molecule has 0 saturated heterocycles. The van der Waals surface area contributed by atoms with E-state index in [0.717, 1.165) is 22.6 Å². The van der Waals surface area contributed by atoms with Gasteiger partial charge < -0.3 is 14.6 Å². The van der Waals surface area contributed by atoms with Crippen LogP contribution >= 0.6 is 0 Å². The topological polar surface area (TPSA) is 84.7 Å². The molecule has 0 atom stereocenters. The second-order valence-corrected chi connectivity index (χ2v) is 6.30. The van der Waals surface area contributed by atoms with Gasteiger partial charge in [-0.3, -0.25) is 9.59 Å². The Morgan fingerprint density at radius 2 is 1.96 bits per heavy atom. The maximum Gasteiger partial charge on any atom is 0.329 e. The molecule has 1 aromatic carbocycles. The fourth-order valence-electron chi connectivity index (χ4n) is 2.79. The van der Waals surface area contributed by atoms with E-state index in [0.29, 0.717) is 19.6 Å². The molecule has 2 rings (SSSR count). The zero-order valence-electron chi connectivity index (χ0n) is 16.2. The van der Waals surface area contributed by atoms with E-state index in [1.54, 1.807) is 13.3 Å².